The number of nitrogens with two attached hydrogens (primary N) is 1. The summed E-state index contributed by atoms with van der Waals surface area (Å²) in [5.74, 6) is 0. The molecule has 0 unspecified atom stereocenters. The minimum Gasteiger partial charge on any atom is -0.372 e. The van der Waals surface area contributed by atoms with Crippen LogP contribution in [0.15, 0.2) is 24.3 Å². The molecule has 2 heteroatoms. The molecular weight excluding hydrogens is 208 g/mol. The first-order valence-corrected chi connectivity index (χ1v) is 6.69. The number of benzene rings is 1. The van der Waals surface area contributed by atoms with Crippen LogP contribution in [0.25, 0.3) is 0 Å². The maximum Gasteiger partial charge on any atom is 0.0366 e. The van der Waals surface area contributed by atoms with Gasteiger partial charge in [-0.25, -0.2) is 0 Å². The van der Waals surface area contributed by atoms with E-state index in [1.165, 1.54) is 37.2 Å². The Morgan fingerprint density at radius 1 is 1.12 bits per heavy atom. The fraction of sp³-hybridized carbons (Fsp3) is 0.600. The topological polar surface area (TPSA) is 29.3 Å². The zero-order valence-corrected chi connectivity index (χ0v) is 11.1. The highest BCUT2D eigenvalue weighted by molar-refractivity contribution is 5.49. The Hall–Kier alpha value is -1.02. The van der Waals surface area contributed by atoms with Gasteiger partial charge in [-0.1, -0.05) is 26.0 Å². The lowest BCUT2D eigenvalue weighted by Crippen LogP contribution is -2.22. The molecule has 0 amide bonds. The summed E-state index contributed by atoms with van der Waals surface area (Å²) in [6.45, 7) is 7.72. The zero-order chi connectivity index (χ0) is 12.3. The van der Waals surface area contributed by atoms with Crippen LogP contribution in [0.1, 0.15) is 38.7 Å². The van der Waals surface area contributed by atoms with Crippen molar-refractivity contribution >= 4 is 5.69 Å². The van der Waals surface area contributed by atoms with Gasteiger partial charge in [-0.15, -0.1) is 0 Å². The molecule has 2 N–H and O–H groups in total. The summed E-state index contributed by atoms with van der Waals surface area (Å²) in [4.78, 5) is 2.47. The first-order chi connectivity index (χ1) is 8.13. The van der Waals surface area contributed by atoms with Gasteiger partial charge in [0.2, 0.25) is 0 Å². The molecule has 1 aromatic carbocycles. The van der Waals surface area contributed by atoms with Crippen molar-refractivity contribution in [2.45, 2.75) is 38.5 Å². The molecule has 2 nitrogen and oxygen atoms in total. The number of hydrogen-bond acceptors (Lipinski definition) is 2. The summed E-state index contributed by atoms with van der Waals surface area (Å²) >= 11 is 0. The average Bonchev–Trinajstić information content (AvgIpc) is 2.82. The van der Waals surface area contributed by atoms with E-state index >= 15 is 0 Å². The predicted octanol–water partition coefficient (Wildman–Crippen LogP) is 2.91. The van der Waals surface area contributed by atoms with Crippen LogP contribution in [0.5, 0.6) is 0 Å². The van der Waals surface area contributed by atoms with Crippen LogP contribution in [0.2, 0.25) is 0 Å². The highest BCUT2D eigenvalue weighted by Gasteiger charge is 2.20. The van der Waals surface area contributed by atoms with E-state index in [-0.39, 0.29) is 5.41 Å². The molecule has 1 fully saturated rings. The van der Waals surface area contributed by atoms with Gasteiger partial charge >= 0.3 is 0 Å². The van der Waals surface area contributed by atoms with Gasteiger partial charge in [0.25, 0.3) is 0 Å². The lowest BCUT2D eigenvalue weighted by atomic mass is 9.81. The molecule has 0 spiro atoms. The lowest BCUT2D eigenvalue weighted by molar-refractivity contribution is 0.488. The van der Waals surface area contributed by atoms with E-state index in [2.05, 4.69) is 43.0 Å². The molecule has 1 saturated heterocycles. The quantitative estimate of drug-likeness (QED) is 0.865. The normalized spacial score (nSPS) is 16.5. The van der Waals surface area contributed by atoms with Crippen LogP contribution in [0, 0.1) is 0 Å². The Kier molecular flexibility index (Phi) is 3.72. The first kappa shape index (κ1) is 12.4. The van der Waals surface area contributed by atoms with Crippen molar-refractivity contribution in [1.82, 2.24) is 0 Å². The standard InChI is InChI=1S/C15H24N2/c1-15(2,9-10-16)13-5-7-14(8-6-13)17-11-3-4-12-17/h5-8H,3-4,9-12,16H2,1-2H3. The van der Waals surface area contributed by atoms with Crippen LogP contribution >= 0.6 is 0 Å². The van der Waals surface area contributed by atoms with Crippen LogP contribution in [-0.4, -0.2) is 19.6 Å². The van der Waals surface area contributed by atoms with Crippen molar-refractivity contribution < 1.29 is 0 Å². The van der Waals surface area contributed by atoms with Gasteiger partial charge in [-0.3, -0.25) is 0 Å². The first-order valence-electron chi connectivity index (χ1n) is 6.69. The maximum atomic E-state index is 5.67. The summed E-state index contributed by atoms with van der Waals surface area (Å²) in [6.07, 6.45) is 3.71. The van der Waals surface area contributed by atoms with Crippen molar-refractivity contribution in [1.29, 1.82) is 0 Å². The Balaban J connectivity index is 2.12. The minimum atomic E-state index is 0.193. The van der Waals surface area contributed by atoms with E-state index < -0.39 is 0 Å². The largest absolute Gasteiger partial charge is 0.372 e. The van der Waals surface area contributed by atoms with Crippen molar-refractivity contribution in [2.75, 3.05) is 24.5 Å². The summed E-state index contributed by atoms with van der Waals surface area (Å²) in [7, 11) is 0. The van der Waals surface area contributed by atoms with E-state index in [0.29, 0.717) is 0 Å². The van der Waals surface area contributed by atoms with E-state index in [9.17, 15) is 0 Å². The molecule has 1 aliphatic heterocycles. The third-order valence-electron chi connectivity index (χ3n) is 3.89. The molecule has 0 atom stereocenters. The fourth-order valence-corrected chi connectivity index (χ4v) is 2.60. The molecule has 0 aliphatic carbocycles. The number of nitrogens with zero attached hydrogens (tertiary/aromatic N) is 1. The monoisotopic (exact) mass is 232 g/mol. The Labute approximate surface area is 105 Å². The molecule has 1 aliphatic rings. The second-order valence-electron chi connectivity index (χ2n) is 5.66. The van der Waals surface area contributed by atoms with Gasteiger partial charge < -0.3 is 10.6 Å². The van der Waals surface area contributed by atoms with Crippen molar-refractivity contribution in [3.63, 3.8) is 0 Å². The van der Waals surface area contributed by atoms with E-state index in [4.69, 9.17) is 5.73 Å². The Morgan fingerprint density at radius 2 is 1.71 bits per heavy atom. The second-order valence-corrected chi connectivity index (χ2v) is 5.66. The highest BCUT2D eigenvalue weighted by atomic mass is 15.1. The molecule has 2 rings (SSSR count). The van der Waals surface area contributed by atoms with E-state index in [1.54, 1.807) is 0 Å². The molecule has 0 bridgehead atoms. The number of anilines is 1. The summed E-state index contributed by atoms with van der Waals surface area (Å²) in [5.41, 5.74) is 8.63. The predicted molar refractivity (Wildman–Crippen MR) is 74.6 cm³/mol. The number of hydrogen-bond donors (Lipinski definition) is 1. The third-order valence-corrected chi connectivity index (χ3v) is 3.89. The summed E-state index contributed by atoms with van der Waals surface area (Å²) in [6, 6.07) is 9.06. The second kappa shape index (κ2) is 5.09. The molecule has 1 heterocycles. The number of rotatable bonds is 4. The van der Waals surface area contributed by atoms with Crippen LogP contribution in [0.4, 0.5) is 5.69 Å². The van der Waals surface area contributed by atoms with Gasteiger partial charge in [-0.2, -0.15) is 0 Å². The molecule has 0 radical (unpaired) electrons. The van der Waals surface area contributed by atoms with Crippen LogP contribution in [-0.2, 0) is 5.41 Å². The summed E-state index contributed by atoms with van der Waals surface area (Å²) in [5, 5.41) is 0. The van der Waals surface area contributed by atoms with E-state index in [1.807, 2.05) is 0 Å². The van der Waals surface area contributed by atoms with Crippen molar-refractivity contribution in [2.24, 2.45) is 5.73 Å². The molecule has 0 aromatic heterocycles. The van der Waals surface area contributed by atoms with Gasteiger partial charge in [0.15, 0.2) is 0 Å². The minimum absolute atomic E-state index is 0.193. The van der Waals surface area contributed by atoms with Gasteiger partial charge in [0.1, 0.15) is 0 Å². The van der Waals surface area contributed by atoms with Gasteiger partial charge in [-0.05, 0) is 48.9 Å². The van der Waals surface area contributed by atoms with Gasteiger partial charge in [0, 0.05) is 18.8 Å². The zero-order valence-electron chi connectivity index (χ0n) is 11.1. The maximum absolute atomic E-state index is 5.67. The van der Waals surface area contributed by atoms with E-state index in [0.717, 1.165) is 13.0 Å². The van der Waals surface area contributed by atoms with Crippen molar-refractivity contribution in [3.05, 3.63) is 29.8 Å². The average molecular weight is 232 g/mol. The Bertz CT molecular complexity index is 348. The SMILES string of the molecule is CC(C)(CCN)c1ccc(N2CCCC2)cc1. The van der Waals surface area contributed by atoms with Crippen LogP contribution in [0.3, 0.4) is 0 Å². The van der Waals surface area contributed by atoms with Crippen LogP contribution < -0.4 is 10.6 Å². The lowest BCUT2D eigenvalue weighted by Gasteiger charge is -2.26. The smallest absolute Gasteiger partial charge is 0.0366 e. The molecule has 0 saturated carbocycles. The third kappa shape index (κ3) is 2.81. The van der Waals surface area contributed by atoms with Crippen molar-refractivity contribution in [3.8, 4) is 0 Å². The summed E-state index contributed by atoms with van der Waals surface area (Å²) < 4.78 is 0. The molecule has 94 valence electrons. The molecule has 17 heavy (non-hydrogen) atoms. The fourth-order valence-electron chi connectivity index (χ4n) is 2.60. The van der Waals surface area contributed by atoms with Gasteiger partial charge in [0.05, 0.1) is 0 Å². The molecular formula is C15H24N2. The highest BCUT2D eigenvalue weighted by Crippen LogP contribution is 2.29. The Morgan fingerprint density at radius 3 is 2.24 bits per heavy atom. The molecule has 1 aromatic rings.